The summed E-state index contributed by atoms with van der Waals surface area (Å²) < 4.78 is 32.8. The lowest BCUT2D eigenvalue weighted by Gasteiger charge is -2.36. The van der Waals surface area contributed by atoms with Crippen molar-refractivity contribution in [1.82, 2.24) is 19.4 Å². The first-order valence-corrected chi connectivity index (χ1v) is 11.3. The van der Waals surface area contributed by atoms with Crippen LogP contribution in [0, 0.1) is 11.8 Å². The first kappa shape index (κ1) is 19.2. The van der Waals surface area contributed by atoms with Crippen LogP contribution in [0.15, 0.2) is 33.9 Å². The lowest BCUT2D eigenvalue weighted by Crippen LogP contribution is -2.46. The third-order valence-corrected chi connectivity index (χ3v) is 7.61. The number of nitrogens with one attached hydrogen (secondary N) is 1. The average Bonchev–Trinajstić information content (AvgIpc) is 3.40. The van der Waals surface area contributed by atoms with Gasteiger partial charge in [0.05, 0.1) is 0 Å². The molecule has 0 radical (unpaired) electrons. The van der Waals surface area contributed by atoms with Crippen LogP contribution in [0.1, 0.15) is 32.6 Å². The van der Waals surface area contributed by atoms with E-state index < -0.39 is 10.0 Å². The zero-order valence-electron chi connectivity index (χ0n) is 16.0. The Bertz CT molecular complexity index is 906. The molecule has 0 aromatic carbocycles. The first-order valence-electron chi connectivity index (χ1n) is 9.83. The van der Waals surface area contributed by atoms with E-state index in [0.717, 1.165) is 25.9 Å². The highest BCUT2D eigenvalue weighted by Crippen LogP contribution is 2.29. The quantitative estimate of drug-likeness (QED) is 0.840. The van der Waals surface area contributed by atoms with Gasteiger partial charge >= 0.3 is 0 Å². The third-order valence-electron chi connectivity index (χ3n) is 5.84. The van der Waals surface area contributed by atoms with Crippen LogP contribution in [-0.2, 0) is 14.8 Å². The number of rotatable bonds is 4. The summed E-state index contributed by atoms with van der Waals surface area (Å²) in [6.45, 7) is 4.53. The molecule has 2 aliphatic rings. The van der Waals surface area contributed by atoms with Crippen LogP contribution >= 0.6 is 0 Å². The van der Waals surface area contributed by atoms with E-state index in [4.69, 9.17) is 4.42 Å². The number of H-pyrrole nitrogens is 1. The fraction of sp³-hybridized carbons (Fsp3) is 0.579. The molecule has 2 fully saturated rings. The summed E-state index contributed by atoms with van der Waals surface area (Å²) in [5, 5.41) is 6.53. The molecule has 9 heteroatoms. The lowest BCUT2D eigenvalue weighted by molar-refractivity contribution is -0.138. The Morgan fingerprint density at radius 1 is 1.11 bits per heavy atom. The molecule has 28 heavy (non-hydrogen) atoms. The fourth-order valence-corrected chi connectivity index (χ4v) is 5.34. The standard InChI is InChI=1S/C19H26N4O4S/c1-14-5-10-22(11-6-14)19(24)15-7-12-23(13-8-15)28(25,26)18-3-2-17(27-18)16-4-9-20-21-16/h2-4,9,14-15H,5-8,10-13H2,1H3,(H,20,21). The molecule has 8 nitrogen and oxygen atoms in total. The predicted octanol–water partition coefficient (Wildman–Crippen LogP) is 2.33. The van der Waals surface area contributed by atoms with Crippen LogP contribution in [-0.4, -0.2) is 59.9 Å². The van der Waals surface area contributed by atoms with Crippen molar-refractivity contribution in [2.75, 3.05) is 26.2 Å². The number of sulfonamides is 1. The molecule has 0 atom stereocenters. The molecule has 1 amide bonds. The second-order valence-corrected chi connectivity index (χ2v) is 9.64. The number of likely N-dealkylation sites (tertiary alicyclic amines) is 1. The summed E-state index contributed by atoms with van der Waals surface area (Å²) in [5.74, 6) is 1.21. The summed E-state index contributed by atoms with van der Waals surface area (Å²) in [6.07, 6.45) is 4.79. The molecule has 2 saturated heterocycles. The van der Waals surface area contributed by atoms with Crippen molar-refractivity contribution in [1.29, 1.82) is 0 Å². The molecule has 2 aliphatic heterocycles. The van der Waals surface area contributed by atoms with Crippen molar-refractivity contribution in [3.8, 4) is 11.5 Å². The van der Waals surface area contributed by atoms with Gasteiger partial charge in [0.2, 0.25) is 11.0 Å². The number of hydrogen-bond donors (Lipinski definition) is 1. The van der Waals surface area contributed by atoms with Crippen LogP contribution in [0.2, 0.25) is 0 Å². The molecule has 0 aliphatic carbocycles. The minimum absolute atomic E-state index is 0.0769. The smallest absolute Gasteiger partial charge is 0.276 e. The molecule has 4 rings (SSSR count). The Kier molecular flexibility index (Phi) is 5.29. The fourth-order valence-electron chi connectivity index (χ4n) is 3.95. The number of carbonyl (C=O) groups is 1. The molecule has 2 aromatic heterocycles. The summed E-state index contributed by atoms with van der Waals surface area (Å²) in [4.78, 5) is 14.7. The molecule has 2 aromatic rings. The molecule has 4 heterocycles. The van der Waals surface area contributed by atoms with Gasteiger partial charge in [0, 0.05) is 38.3 Å². The van der Waals surface area contributed by atoms with Gasteiger partial charge in [-0.2, -0.15) is 9.40 Å². The number of hydrogen-bond acceptors (Lipinski definition) is 5. The Morgan fingerprint density at radius 3 is 2.46 bits per heavy atom. The van der Waals surface area contributed by atoms with Crippen LogP contribution < -0.4 is 0 Å². The normalized spacial score (nSPS) is 20.5. The van der Waals surface area contributed by atoms with E-state index >= 15 is 0 Å². The van der Waals surface area contributed by atoms with Crippen molar-refractivity contribution in [3.63, 3.8) is 0 Å². The van der Waals surface area contributed by atoms with E-state index in [2.05, 4.69) is 17.1 Å². The van der Waals surface area contributed by atoms with E-state index in [1.807, 2.05) is 4.90 Å². The van der Waals surface area contributed by atoms with Gasteiger partial charge in [0.1, 0.15) is 5.69 Å². The molecule has 0 bridgehead atoms. The van der Waals surface area contributed by atoms with Gasteiger partial charge in [-0.05, 0) is 49.8 Å². The van der Waals surface area contributed by atoms with Gasteiger partial charge in [0.15, 0.2) is 5.76 Å². The summed E-state index contributed by atoms with van der Waals surface area (Å²) >= 11 is 0. The van der Waals surface area contributed by atoms with E-state index in [0.29, 0.717) is 43.3 Å². The average molecular weight is 407 g/mol. The summed E-state index contributed by atoms with van der Waals surface area (Å²) in [6, 6.07) is 4.80. The number of amides is 1. The van der Waals surface area contributed by atoms with E-state index in [9.17, 15) is 13.2 Å². The minimum atomic E-state index is -3.71. The van der Waals surface area contributed by atoms with Crippen molar-refractivity contribution in [3.05, 3.63) is 24.4 Å². The minimum Gasteiger partial charge on any atom is -0.442 e. The first-order chi connectivity index (χ1) is 13.4. The number of piperidine rings is 2. The Morgan fingerprint density at radius 2 is 1.82 bits per heavy atom. The summed E-state index contributed by atoms with van der Waals surface area (Å²) in [7, 11) is -3.71. The lowest BCUT2D eigenvalue weighted by atomic mass is 9.93. The number of carbonyl (C=O) groups excluding carboxylic acids is 1. The second-order valence-electron chi connectivity index (χ2n) is 7.78. The molecular weight excluding hydrogens is 380 g/mol. The number of aromatic amines is 1. The number of aromatic nitrogens is 2. The van der Waals surface area contributed by atoms with Crippen LogP contribution in [0.4, 0.5) is 0 Å². The van der Waals surface area contributed by atoms with Crippen LogP contribution in [0.25, 0.3) is 11.5 Å². The number of nitrogens with zero attached hydrogens (tertiary/aromatic N) is 3. The van der Waals surface area contributed by atoms with Crippen molar-refractivity contribution >= 4 is 15.9 Å². The number of furan rings is 1. The van der Waals surface area contributed by atoms with E-state index in [1.54, 1.807) is 18.3 Å². The Labute approximate surface area is 164 Å². The molecule has 0 saturated carbocycles. The zero-order chi connectivity index (χ0) is 19.7. The van der Waals surface area contributed by atoms with Crippen LogP contribution in [0.3, 0.4) is 0 Å². The van der Waals surface area contributed by atoms with Crippen molar-refractivity contribution < 1.29 is 17.6 Å². The van der Waals surface area contributed by atoms with E-state index in [1.165, 1.54) is 10.4 Å². The maximum Gasteiger partial charge on any atom is 0.276 e. The maximum absolute atomic E-state index is 12.9. The van der Waals surface area contributed by atoms with Gasteiger partial charge in [-0.3, -0.25) is 9.89 Å². The zero-order valence-corrected chi connectivity index (χ0v) is 16.8. The van der Waals surface area contributed by atoms with Crippen molar-refractivity contribution in [2.24, 2.45) is 11.8 Å². The third kappa shape index (κ3) is 3.73. The Hall–Kier alpha value is -2.13. The van der Waals surface area contributed by atoms with Gasteiger partial charge in [-0.25, -0.2) is 8.42 Å². The highest BCUT2D eigenvalue weighted by molar-refractivity contribution is 7.89. The van der Waals surface area contributed by atoms with Gasteiger partial charge < -0.3 is 9.32 Å². The van der Waals surface area contributed by atoms with Crippen molar-refractivity contribution in [2.45, 2.75) is 37.7 Å². The predicted molar refractivity (Wildman–Crippen MR) is 103 cm³/mol. The van der Waals surface area contributed by atoms with Gasteiger partial charge in [0.25, 0.3) is 10.0 Å². The van der Waals surface area contributed by atoms with Crippen LogP contribution in [0.5, 0.6) is 0 Å². The maximum atomic E-state index is 12.9. The van der Waals surface area contributed by atoms with Gasteiger partial charge in [-0.1, -0.05) is 6.92 Å². The molecule has 1 N–H and O–H groups in total. The molecular formula is C19H26N4O4S. The largest absolute Gasteiger partial charge is 0.442 e. The van der Waals surface area contributed by atoms with Gasteiger partial charge in [-0.15, -0.1) is 0 Å². The SMILES string of the molecule is CC1CCN(C(=O)C2CCN(S(=O)(=O)c3ccc(-c4ccn[nH]4)o3)CC2)CC1. The van der Waals surface area contributed by atoms with E-state index in [-0.39, 0.29) is 16.9 Å². The highest BCUT2D eigenvalue weighted by atomic mass is 32.2. The molecule has 0 unspecified atom stereocenters. The highest BCUT2D eigenvalue weighted by Gasteiger charge is 2.35. The topological polar surface area (TPSA) is 99.5 Å². The Balaban J connectivity index is 1.38. The molecule has 0 spiro atoms. The monoisotopic (exact) mass is 406 g/mol. The second kappa shape index (κ2) is 7.71. The summed E-state index contributed by atoms with van der Waals surface area (Å²) in [5.41, 5.74) is 0.626. The molecule has 152 valence electrons.